The van der Waals surface area contributed by atoms with Crippen molar-refractivity contribution in [2.24, 2.45) is 0 Å². The smallest absolute Gasteiger partial charge is 0.377 e. The normalized spacial score (nSPS) is 11.8. The van der Waals surface area contributed by atoms with Crippen molar-refractivity contribution in [3.63, 3.8) is 0 Å². The average molecular weight is 609 g/mol. The molecule has 2 aromatic rings. The Kier molecular flexibility index (Phi) is 22.0. The molecule has 0 radical (unpaired) electrons. The van der Waals surface area contributed by atoms with Crippen molar-refractivity contribution < 1.29 is 26.6 Å². The molecule has 0 saturated carbocycles. The maximum absolute atomic E-state index is 5.85. The molecule has 0 aliphatic heterocycles. The second kappa shape index (κ2) is 24.0. The maximum atomic E-state index is 5.85. The predicted octanol–water partition coefficient (Wildman–Crippen LogP) is 5.34. The molecule has 0 aliphatic rings. The lowest BCUT2D eigenvalue weighted by atomic mass is 10.1. The highest BCUT2D eigenvalue weighted by Crippen LogP contribution is 2.18. The standard InChI is InChI=1S/C17H31NO3Si.C14H25NO3Si/c1-4-19-22(20-5-2,21-6-3)16-10-14-18-15-13-17-11-8-7-9-12-17;1-16-19(17-2,18-3)13-7-11-15-12-10-14-8-5-4-6-9-14/h7-9,11-12,18H,4-6,10,13-16H2,1-3H3;4-6,8-9,15H,7,10-13H2,1-3H3. The first-order valence-electron chi connectivity index (χ1n) is 15.1. The molecule has 0 amide bonds. The van der Waals surface area contributed by atoms with Crippen LogP contribution in [0.15, 0.2) is 60.7 Å². The van der Waals surface area contributed by atoms with Crippen LogP contribution in [0.1, 0.15) is 44.7 Å². The Labute approximate surface area is 252 Å². The zero-order valence-electron chi connectivity index (χ0n) is 26.4. The molecular formula is C31H56N2O6Si2. The van der Waals surface area contributed by atoms with Crippen LogP contribution in [0.3, 0.4) is 0 Å². The summed E-state index contributed by atoms with van der Waals surface area (Å²) in [5.41, 5.74) is 2.74. The van der Waals surface area contributed by atoms with E-state index >= 15 is 0 Å². The van der Waals surface area contributed by atoms with E-state index in [4.69, 9.17) is 26.6 Å². The summed E-state index contributed by atoms with van der Waals surface area (Å²) in [7, 11) is 0.123. The van der Waals surface area contributed by atoms with Crippen LogP contribution in [-0.2, 0) is 39.4 Å². The summed E-state index contributed by atoms with van der Waals surface area (Å²) in [4.78, 5) is 0. The quantitative estimate of drug-likeness (QED) is 0.129. The average Bonchev–Trinajstić information content (AvgIpc) is 3.01. The minimum atomic E-state index is -2.46. The molecule has 0 unspecified atom stereocenters. The van der Waals surface area contributed by atoms with E-state index in [9.17, 15) is 0 Å². The van der Waals surface area contributed by atoms with Crippen molar-refractivity contribution >= 4 is 17.6 Å². The fraction of sp³-hybridized carbons (Fsp3) is 0.613. The second-order valence-electron chi connectivity index (χ2n) is 9.46. The SMILES string of the molecule is CCO[Si](CCCNCCc1ccccc1)(OCC)OCC.CO[Si](CCCNCCc1ccccc1)(OC)OC. The van der Waals surface area contributed by atoms with Crippen LogP contribution in [0.5, 0.6) is 0 Å². The molecule has 0 spiro atoms. The summed E-state index contributed by atoms with van der Waals surface area (Å²) in [6, 6.07) is 22.8. The van der Waals surface area contributed by atoms with Gasteiger partial charge in [0.05, 0.1) is 0 Å². The molecular weight excluding hydrogens is 553 g/mol. The third-order valence-electron chi connectivity index (χ3n) is 6.57. The lowest BCUT2D eigenvalue weighted by Crippen LogP contribution is -2.46. The summed E-state index contributed by atoms with van der Waals surface area (Å²) in [5.74, 6) is 0. The van der Waals surface area contributed by atoms with E-state index in [1.54, 1.807) is 21.3 Å². The van der Waals surface area contributed by atoms with Crippen LogP contribution in [0.25, 0.3) is 0 Å². The van der Waals surface area contributed by atoms with Crippen LogP contribution in [0.4, 0.5) is 0 Å². The highest BCUT2D eigenvalue weighted by atomic mass is 28.4. The molecule has 234 valence electrons. The van der Waals surface area contributed by atoms with Crippen LogP contribution >= 0.6 is 0 Å². The van der Waals surface area contributed by atoms with E-state index < -0.39 is 17.6 Å². The summed E-state index contributed by atoms with van der Waals surface area (Å²) in [5, 5.41) is 6.92. The van der Waals surface area contributed by atoms with Crippen molar-refractivity contribution in [3.8, 4) is 0 Å². The molecule has 10 heteroatoms. The third kappa shape index (κ3) is 16.7. The monoisotopic (exact) mass is 608 g/mol. The van der Waals surface area contributed by atoms with Crippen molar-refractivity contribution in [1.82, 2.24) is 10.6 Å². The van der Waals surface area contributed by atoms with Crippen LogP contribution in [-0.4, -0.2) is 84.9 Å². The number of nitrogens with one attached hydrogen (secondary N) is 2. The Morgan fingerprint density at radius 2 is 0.878 bits per heavy atom. The van der Waals surface area contributed by atoms with E-state index in [1.807, 2.05) is 26.8 Å². The first kappa shape index (κ1) is 37.6. The minimum absolute atomic E-state index is 0.646. The highest BCUT2D eigenvalue weighted by Gasteiger charge is 2.39. The van der Waals surface area contributed by atoms with Gasteiger partial charge in [-0.2, -0.15) is 0 Å². The van der Waals surface area contributed by atoms with Gasteiger partial charge in [0.2, 0.25) is 0 Å². The van der Waals surface area contributed by atoms with E-state index in [0.717, 1.165) is 64.0 Å². The fourth-order valence-corrected chi connectivity index (χ4v) is 8.76. The maximum Gasteiger partial charge on any atom is 0.500 e. The molecule has 0 aromatic heterocycles. The van der Waals surface area contributed by atoms with Gasteiger partial charge in [0.15, 0.2) is 0 Å². The second-order valence-corrected chi connectivity index (χ2v) is 15.3. The van der Waals surface area contributed by atoms with Gasteiger partial charge in [0.25, 0.3) is 0 Å². The van der Waals surface area contributed by atoms with Crippen molar-refractivity contribution in [3.05, 3.63) is 71.8 Å². The molecule has 0 saturated heterocycles. The minimum Gasteiger partial charge on any atom is -0.377 e. The Hall–Kier alpha value is -1.45. The molecule has 2 rings (SSSR count). The first-order valence-corrected chi connectivity index (χ1v) is 19.0. The van der Waals surface area contributed by atoms with E-state index in [2.05, 4.69) is 65.2 Å². The number of hydrogen-bond acceptors (Lipinski definition) is 8. The Morgan fingerprint density at radius 1 is 0.512 bits per heavy atom. The number of hydrogen-bond donors (Lipinski definition) is 2. The molecule has 2 aromatic carbocycles. The van der Waals surface area contributed by atoms with Gasteiger partial charge in [-0.1, -0.05) is 60.7 Å². The fourth-order valence-electron chi connectivity index (χ4n) is 4.42. The van der Waals surface area contributed by atoms with Crippen LogP contribution < -0.4 is 10.6 Å². The molecule has 0 heterocycles. The number of benzene rings is 2. The van der Waals surface area contributed by atoms with E-state index in [0.29, 0.717) is 19.8 Å². The van der Waals surface area contributed by atoms with Gasteiger partial charge >= 0.3 is 17.6 Å². The van der Waals surface area contributed by atoms with Crippen molar-refractivity contribution in [1.29, 1.82) is 0 Å². The van der Waals surface area contributed by atoms with Gasteiger partial charge in [0, 0.05) is 53.2 Å². The van der Waals surface area contributed by atoms with E-state index in [1.165, 1.54) is 11.1 Å². The van der Waals surface area contributed by atoms with Gasteiger partial charge in [-0.25, -0.2) is 0 Å². The summed E-state index contributed by atoms with van der Waals surface area (Å²) < 4.78 is 33.7. The predicted molar refractivity (Wildman–Crippen MR) is 172 cm³/mol. The molecule has 41 heavy (non-hydrogen) atoms. The van der Waals surface area contributed by atoms with Gasteiger partial charge in [-0.15, -0.1) is 0 Å². The summed E-state index contributed by atoms with van der Waals surface area (Å²) in [6.07, 6.45) is 4.13. The zero-order chi connectivity index (χ0) is 30.1. The molecule has 0 fully saturated rings. The largest absolute Gasteiger partial charge is 0.500 e. The molecule has 0 aliphatic carbocycles. The van der Waals surface area contributed by atoms with Gasteiger partial charge < -0.3 is 37.2 Å². The van der Waals surface area contributed by atoms with Crippen molar-refractivity contribution in [2.45, 2.75) is 58.5 Å². The molecule has 0 bridgehead atoms. The van der Waals surface area contributed by atoms with Gasteiger partial charge in [-0.3, -0.25) is 0 Å². The summed E-state index contributed by atoms with van der Waals surface area (Å²) in [6.45, 7) is 11.8. The van der Waals surface area contributed by atoms with Crippen molar-refractivity contribution in [2.75, 3.05) is 67.3 Å². The lowest BCUT2D eigenvalue weighted by Gasteiger charge is -2.28. The third-order valence-corrected chi connectivity index (χ3v) is 12.5. The molecule has 2 N–H and O–H groups in total. The molecule has 0 atom stereocenters. The van der Waals surface area contributed by atoms with E-state index in [-0.39, 0.29) is 0 Å². The lowest BCUT2D eigenvalue weighted by molar-refractivity contribution is 0.0708. The topological polar surface area (TPSA) is 79.4 Å². The van der Waals surface area contributed by atoms with Gasteiger partial charge in [-0.05, 0) is 83.8 Å². The van der Waals surface area contributed by atoms with Crippen LogP contribution in [0.2, 0.25) is 12.1 Å². The Balaban J connectivity index is 0.000000414. The number of rotatable bonds is 23. The molecule has 8 nitrogen and oxygen atoms in total. The first-order chi connectivity index (χ1) is 20.0. The zero-order valence-corrected chi connectivity index (χ0v) is 28.4. The Morgan fingerprint density at radius 3 is 1.22 bits per heavy atom. The van der Waals surface area contributed by atoms with Crippen LogP contribution in [0, 0.1) is 0 Å². The summed E-state index contributed by atoms with van der Waals surface area (Å²) >= 11 is 0. The highest BCUT2D eigenvalue weighted by molar-refractivity contribution is 6.61. The van der Waals surface area contributed by atoms with Gasteiger partial charge in [0.1, 0.15) is 0 Å². The Bertz CT molecular complexity index is 822.